The van der Waals surface area contributed by atoms with Crippen molar-refractivity contribution in [3.8, 4) is 0 Å². The molecule has 0 aliphatic heterocycles. The van der Waals surface area contributed by atoms with Gasteiger partial charge in [0.1, 0.15) is 0 Å². The van der Waals surface area contributed by atoms with Gasteiger partial charge in [-0.05, 0) is 49.3 Å². The lowest BCUT2D eigenvalue weighted by molar-refractivity contribution is -0.122. The van der Waals surface area contributed by atoms with Crippen LogP contribution in [-0.2, 0) is 11.2 Å². The minimum Gasteiger partial charge on any atom is -0.388 e. The van der Waals surface area contributed by atoms with Gasteiger partial charge in [-0.1, -0.05) is 41.4 Å². The highest BCUT2D eigenvalue weighted by atomic mass is 79.9. The first-order valence-corrected chi connectivity index (χ1v) is 8.53. The molecule has 1 saturated carbocycles. The van der Waals surface area contributed by atoms with Crippen LogP contribution in [0.25, 0.3) is 0 Å². The topological polar surface area (TPSA) is 49.3 Å². The Hall–Kier alpha value is -0.870. The molecule has 21 heavy (non-hydrogen) atoms. The van der Waals surface area contributed by atoms with Crippen LogP contribution < -0.4 is 5.32 Å². The Bertz CT molecular complexity index is 464. The molecular formula is C17H24BrNO2. The van der Waals surface area contributed by atoms with Crippen molar-refractivity contribution in [2.45, 2.75) is 51.0 Å². The van der Waals surface area contributed by atoms with Crippen LogP contribution in [-0.4, -0.2) is 23.2 Å². The molecule has 0 aromatic heterocycles. The fourth-order valence-corrected chi connectivity index (χ4v) is 3.18. The summed E-state index contributed by atoms with van der Waals surface area (Å²) >= 11 is 3.38. The van der Waals surface area contributed by atoms with Crippen LogP contribution in [0, 0.1) is 5.92 Å². The number of aliphatic hydroxyl groups is 1. The van der Waals surface area contributed by atoms with Crippen LogP contribution >= 0.6 is 15.9 Å². The van der Waals surface area contributed by atoms with Gasteiger partial charge in [-0.3, -0.25) is 4.79 Å². The van der Waals surface area contributed by atoms with Gasteiger partial charge in [-0.25, -0.2) is 0 Å². The summed E-state index contributed by atoms with van der Waals surface area (Å²) in [6, 6.07) is 7.74. The molecule has 2 N–H and O–H groups in total. The zero-order valence-corrected chi connectivity index (χ0v) is 14.2. The van der Waals surface area contributed by atoms with E-state index in [0.29, 0.717) is 13.0 Å². The van der Waals surface area contributed by atoms with Gasteiger partial charge in [0.25, 0.3) is 0 Å². The van der Waals surface area contributed by atoms with Gasteiger partial charge in [0.05, 0.1) is 12.0 Å². The van der Waals surface area contributed by atoms with Crippen LogP contribution in [0.15, 0.2) is 28.7 Å². The molecular weight excluding hydrogens is 330 g/mol. The lowest BCUT2D eigenvalue weighted by atomic mass is 9.78. The summed E-state index contributed by atoms with van der Waals surface area (Å²) in [4.78, 5) is 12.0. The number of nitrogens with one attached hydrogen (secondary N) is 1. The molecule has 0 radical (unpaired) electrons. The quantitative estimate of drug-likeness (QED) is 0.851. The first-order chi connectivity index (χ1) is 10.0. The van der Waals surface area contributed by atoms with E-state index in [1.54, 1.807) is 0 Å². The van der Waals surface area contributed by atoms with Crippen LogP contribution in [0.2, 0.25) is 0 Å². The molecule has 3 nitrogen and oxygen atoms in total. The van der Waals surface area contributed by atoms with E-state index >= 15 is 0 Å². The zero-order chi connectivity index (χ0) is 15.3. The van der Waals surface area contributed by atoms with E-state index in [4.69, 9.17) is 0 Å². The van der Waals surface area contributed by atoms with Gasteiger partial charge >= 0.3 is 0 Å². The van der Waals surface area contributed by atoms with Crippen molar-refractivity contribution in [2.75, 3.05) is 6.54 Å². The summed E-state index contributed by atoms with van der Waals surface area (Å²) in [5.74, 6) is 0.715. The zero-order valence-electron chi connectivity index (χ0n) is 12.6. The molecule has 1 fully saturated rings. The minimum absolute atomic E-state index is 0.0247. The number of hydrogen-bond acceptors (Lipinski definition) is 2. The van der Waals surface area contributed by atoms with E-state index in [0.717, 1.165) is 41.6 Å². The lowest BCUT2D eigenvalue weighted by Gasteiger charge is -2.35. The monoisotopic (exact) mass is 353 g/mol. The number of carbonyl (C=O) groups is 1. The molecule has 2 rings (SSSR count). The second-order valence-electron chi connectivity index (χ2n) is 6.16. The van der Waals surface area contributed by atoms with Gasteiger partial charge in [-0.15, -0.1) is 0 Å². The SMILES string of the molecule is CCC1CCC(O)(CNC(=O)Cc2ccc(Br)cc2)CC1. The number of hydrogen-bond donors (Lipinski definition) is 2. The number of carbonyl (C=O) groups excluding carboxylic acids is 1. The summed E-state index contributed by atoms with van der Waals surface area (Å²) in [5, 5.41) is 13.4. The first kappa shape index (κ1) is 16.5. The van der Waals surface area contributed by atoms with Crippen LogP contribution in [0.4, 0.5) is 0 Å². The van der Waals surface area contributed by atoms with Crippen molar-refractivity contribution in [1.82, 2.24) is 5.32 Å². The maximum Gasteiger partial charge on any atom is 0.224 e. The third kappa shape index (κ3) is 5.11. The second-order valence-corrected chi connectivity index (χ2v) is 7.07. The number of halogens is 1. The van der Waals surface area contributed by atoms with E-state index < -0.39 is 5.60 Å². The van der Waals surface area contributed by atoms with Gasteiger partial charge in [0.15, 0.2) is 0 Å². The normalized spacial score (nSPS) is 25.6. The molecule has 0 atom stereocenters. The third-order valence-corrected chi connectivity index (χ3v) is 5.03. The number of amides is 1. The van der Waals surface area contributed by atoms with Crippen molar-refractivity contribution in [1.29, 1.82) is 0 Å². The molecule has 0 unspecified atom stereocenters. The molecule has 1 aliphatic carbocycles. The predicted molar refractivity (Wildman–Crippen MR) is 88.1 cm³/mol. The molecule has 1 aliphatic rings. The summed E-state index contributed by atoms with van der Waals surface area (Å²) in [7, 11) is 0. The molecule has 0 bridgehead atoms. The Kier molecular flexibility index (Phi) is 5.82. The van der Waals surface area contributed by atoms with Crippen LogP contribution in [0.3, 0.4) is 0 Å². The lowest BCUT2D eigenvalue weighted by Crippen LogP contribution is -2.45. The average molecular weight is 354 g/mol. The van der Waals surface area contributed by atoms with E-state index in [1.165, 1.54) is 6.42 Å². The van der Waals surface area contributed by atoms with Gasteiger partial charge in [-0.2, -0.15) is 0 Å². The Morgan fingerprint density at radius 2 is 1.95 bits per heavy atom. The third-order valence-electron chi connectivity index (χ3n) is 4.51. The highest BCUT2D eigenvalue weighted by Gasteiger charge is 2.32. The molecule has 116 valence electrons. The molecule has 4 heteroatoms. The number of rotatable bonds is 5. The molecule has 0 heterocycles. The molecule has 1 amide bonds. The Morgan fingerprint density at radius 1 is 1.33 bits per heavy atom. The van der Waals surface area contributed by atoms with Gasteiger partial charge < -0.3 is 10.4 Å². The molecule has 0 saturated heterocycles. The maximum atomic E-state index is 12.0. The van der Waals surface area contributed by atoms with E-state index in [2.05, 4.69) is 28.2 Å². The fraction of sp³-hybridized carbons (Fsp3) is 0.588. The molecule has 1 aromatic rings. The Labute approximate surface area is 135 Å². The molecule has 0 spiro atoms. The Balaban J connectivity index is 1.77. The average Bonchev–Trinajstić information content (AvgIpc) is 2.49. The highest BCUT2D eigenvalue weighted by molar-refractivity contribution is 9.10. The van der Waals surface area contributed by atoms with Crippen molar-refractivity contribution in [3.05, 3.63) is 34.3 Å². The molecule has 1 aromatic carbocycles. The minimum atomic E-state index is -0.707. The Morgan fingerprint density at radius 3 is 2.52 bits per heavy atom. The predicted octanol–water partition coefficient (Wildman–Crippen LogP) is 3.44. The van der Waals surface area contributed by atoms with Crippen molar-refractivity contribution >= 4 is 21.8 Å². The standard InChI is InChI=1S/C17H24BrNO2/c1-2-13-7-9-17(21,10-8-13)12-19-16(20)11-14-3-5-15(18)6-4-14/h3-6,13,21H,2,7-12H2,1H3,(H,19,20). The summed E-state index contributed by atoms with van der Waals surface area (Å²) in [6.45, 7) is 2.58. The highest BCUT2D eigenvalue weighted by Crippen LogP contribution is 2.33. The van der Waals surface area contributed by atoms with E-state index in [-0.39, 0.29) is 5.91 Å². The smallest absolute Gasteiger partial charge is 0.224 e. The maximum absolute atomic E-state index is 12.0. The summed E-state index contributed by atoms with van der Waals surface area (Å²) in [5.41, 5.74) is 0.276. The first-order valence-electron chi connectivity index (χ1n) is 7.74. The summed E-state index contributed by atoms with van der Waals surface area (Å²) in [6.07, 6.45) is 5.27. The number of benzene rings is 1. The summed E-state index contributed by atoms with van der Waals surface area (Å²) < 4.78 is 1.01. The van der Waals surface area contributed by atoms with Crippen molar-refractivity contribution < 1.29 is 9.90 Å². The van der Waals surface area contributed by atoms with Crippen LogP contribution in [0.5, 0.6) is 0 Å². The van der Waals surface area contributed by atoms with Crippen molar-refractivity contribution in [3.63, 3.8) is 0 Å². The largest absolute Gasteiger partial charge is 0.388 e. The second kappa shape index (κ2) is 7.41. The van der Waals surface area contributed by atoms with Gasteiger partial charge in [0.2, 0.25) is 5.91 Å². The van der Waals surface area contributed by atoms with Gasteiger partial charge in [0, 0.05) is 11.0 Å². The van der Waals surface area contributed by atoms with Crippen molar-refractivity contribution in [2.24, 2.45) is 5.92 Å². The van der Waals surface area contributed by atoms with E-state index in [9.17, 15) is 9.90 Å². The van der Waals surface area contributed by atoms with Crippen LogP contribution in [0.1, 0.15) is 44.6 Å². The van der Waals surface area contributed by atoms with E-state index in [1.807, 2.05) is 24.3 Å². The fourth-order valence-electron chi connectivity index (χ4n) is 2.91.